The molecule has 0 radical (unpaired) electrons. The highest BCUT2D eigenvalue weighted by Crippen LogP contribution is 2.36. The van der Waals surface area contributed by atoms with Gasteiger partial charge in [0.05, 0.1) is 0 Å². The second kappa shape index (κ2) is 9.36. The number of rotatable bonds is 5. The Kier molecular flexibility index (Phi) is 8.07. The lowest BCUT2D eigenvalue weighted by Gasteiger charge is -2.34. The van der Waals surface area contributed by atoms with E-state index in [2.05, 4.69) is 11.3 Å². The van der Waals surface area contributed by atoms with E-state index in [1.54, 1.807) is 18.2 Å². The predicted octanol–water partition coefficient (Wildman–Crippen LogP) is 4.53. The van der Waals surface area contributed by atoms with Crippen LogP contribution in [0.2, 0.25) is 0 Å². The lowest BCUT2D eigenvalue weighted by molar-refractivity contribution is -0.308. The molecule has 1 heterocycles. The van der Waals surface area contributed by atoms with Gasteiger partial charge in [-0.3, -0.25) is 0 Å². The Balaban J connectivity index is 2.62. The summed E-state index contributed by atoms with van der Waals surface area (Å²) in [6, 6.07) is 0. The number of amides is 1. The third-order valence-electron chi connectivity index (χ3n) is 3.20. The zero-order valence-corrected chi connectivity index (χ0v) is 14.6. The summed E-state index contributed by atoms with van der Waals surface area (Å²) in [6.07, 6.45) is -10.2. The van der Waals surface area contributed by atoms with Gasteiger partial charge in [0, 0.05) is 31.1 Å². The summed E-state index contributed by atoms with van der Waals surface area (Å²) in [7, 11) is 0. The van der Waals surface area contributed by atoms with Gasteiger partial charge >= 0.3 is 18.4 Å². The SMILES string of the molecule is C=C/C(=C\C=C/C)SN1CCN(C(=O)OC(C(F)(F)F)C(F)(F)F)CC1. The molecule has 0 saturated carbocycles. The summed E-state index contributed by atoms with van der Waals surface area (Å²) in [5, 5.41) is 0. The van der Waals surface area contributed by atoms with Crippen LogP contribution in [-0.4, -0.2) is 59.9 Å². The highest BCUT2D eigenvalue weighted by molar-refractivity contribution is 8.01. The van der Waals surface area contributed by atoms with E-state index in [4.69, 9.17) is 0 Å². The first-order valence-corrected chi connectivity index (χ1v) is 8.23. The zero-order chi connectivity index (χ0) is 20.0. The summed E-state index contributed by atoms with van der Waals surface area (Å²) >= 11 is 1.33. The van der Waals surface area contributed by atoms with Crippen molar-refractivity contribution < 1.29 is 35.9 Å². The highest BCUT2D eigenvalue weighted by Gasteiger charge is 2.60. The Bertz CT molecular complexity index is 537. The van der Waals surface area contributed by atoms with Crippen molar-refractivity contribution in [2.45, 2.75) is 25.4 Å². The summed E-state index contributed by atoms with van der Waals surface area (Å²) in [6.45, 7) is 5.89. The maximum absolute atomic E-state index is 12.4. The largest absolute Gasteiger partial charge is 0.434 e. The van der Waals surface area contributed by atoms with Crippen molar-refractivity contribution in [2.75, 3.05) is 26.2 Å². The maximum atomic E-state index is 12.4. The van der Waals surface area contributed by atoms with Gasteiger partial charge in [-0.15, -0.1) is 0 Å². The van der Waals surface area contributed by atoms with Crippen LogP contribution in [0.5, 0.6) is 0 Å². The van der Waals surface area contributed by atoms with Gasteiger partial charge < -0.3 is 9.64 Å². The van der Waals surface area contributed by atoms with Crippen molar-refractivity contribution in [3.8, 4) is 0 Å². The Morgan fingerprint density at radius 2 is 1.65 bits per heavy atom. The molecular formula is C15H18F6N2O2S. The van der Waals surface area contributed by atoms with Gasteiger partial charge in [-0.05, 0) is 24.9 Å². The standard InChI is InChI=1S/C15H18F6N2O2S/c1-3-5-6-11(4-2)26-23-9-7-22(8-10-23)13(24)25-12(14(16,17)18)15(19,20)21/h3-6,12H,2,7-10H2,1H3/b5-3-,11-6+. The van der Waals surface area contributed by atoms with Crippen molar-refractivity contribution in [3.05, 3.63) is 35.8 Å². The van der Waals surface area contributed by atoms with E-state index in [9.17, 15) is 31.1 Å². The monoisotopic (exact) mass is 404 g/mol. The molecule has 26 heavy (non-hydrogen) atoms. The van der Waals surface area contributed by atoms with Gasteiger partial charge in [-0.1, -0.05) is 24.8 Å². The second-order valence-corrected chi connectivity index (χ2v) is 6.32. The third kappa shape index (κ3) is 6.94. The van der Waals surface area contributed by atoms with Crippen LogP contribution in [0.15, 0.2) is 35.8 Å². The quantitative estimate of drug-likeness (QED) is 0.383. The molecule has 0 N–H and O–H groups in total. The minimum atomic E-state index is -5.72. The van der Waals surface area contributed by atoms with Crippen LogP contribution in [0, 0.1) is 0 Å². The molecule has 4 nitrogen and oxygen atoms in total. The highest BCUT2D eigenvalue weighted by atomic mass is 32.2. The Hall–Kier alpha value is -1.62. The number of hydrogen-bond donors (Lipinski definition) is 0. The molecule has 1 aliphatic rings. The fraction of sp³-hybridized carbons (Fsp3) is 0.533. The van der Waals surface area contributed by atoms with E-state index >= 15 is 0 Å². The van der Waals surface area contributed by atoms with Crippen molar-refractivity contribution in [3.63, 3.8) is 0 Å². The maximum Gasteiger partial charge on any atom is 0.434 e. The number of halogens is 6. The van der Waals surface area contributed by atoms with Crippen LogP contribution >= 0.6 is 11.9 Å². The number of hydrogen-bond acceptors (Lipinski definition) is 4. The lowest BCUT2D eigenvalue weighted by Crippen LogP contribution is -2.51. The summed E-state index contributed by atoms with van der Waals surface area (Å²) in [4.78, 5) is 13.3. The van der Waals surface area contributed by atoms with Gasteiger partial charge in [-0.25, -0.2) is 9.10 Å². The molecule has 0 atom stereocenters. The van der Waals surface area contributed by atoms with Gasteiger partial charge in [0.15, 0.2) is 0 Å². The van der Waals surface area contributed by atoms with Crippen molar-refractivity contribution >= 4 is 18.0 Å². The molecule has 0 aromatic rings. The molecule has 1 amide bonds. The van der Waals surface area contributed by atoms with Crippen LogP contribution in [0.25, 0.3) is 0 Å². The fourth-order valence-electron chi connectivity index (χ4n) is 1.93. The average Bonchev–Trinajstić information content (AvgIpc) is 2.54. The molecular weight excluding hydrogens is 386 g/mol. The topological polar surface area (TPSA) is 32.8 Å². The van der Waals surface area contributed by atoms with Gasteiger partial charge in [-0.2, -0.15) is 26.3 Å². The molecule has 0 spiro atoms. The smallest absolute Gasteiger partial charge is 0.426 e. The van der Waals surface area contributed by atoms with E-state index in [0.717, 1.165) is 9.81 Å². The number of nitrogens with zero attached hydrogens (tertiary/aromatic N) is 2. The minimum absolute atomic E-state index is 0.0533. The number of piperazine rings is 1. The van der Waals surface area contributed by atoms with Crippen molar-refractivity contribution in [1.29, 1.82) is 0 Å². The van der Waals surface area contributed by atoms with Crippen LogP contribution in [0.1, 0.15) is 6.92 Å². The first-order valence-electron chi connectivity index (χ1n) is 7.46. The molecule has 0 bridgehead atoms. The number of carbonyl (C=O) groups is 1. The first kappa shape index (κ1) is 22.4. The Morgan fingerprint density at radius 3 is 2.08 bits per heavy atom. The predicted molar refractivity (Wildman–Crippen MR) is 86.2 cm³/mol. The second-order valence-electron chi connectivity index (χ2n) is 5.15. The zero-order valence-electron chi connectivity index (χ0n) is 13.8. The molecule has 0 aromatic carbocycles. The molecule has 11 heteroatoms. The molecule has 1 rings (SSSR count). The van der Waals surface area contributed by atoms with Gasteiger partial charge in [0.1, 0.15) is 0 Å². The van der Waals surface area contributed by atoms with E-state index in [-0.39, 0.29) is 26.2 Å². The summed E-state index contributed by atoms with van der Waals surface area (Å²) in [5.41, 5.74) is 0. The van der Waals surface area contributed by atoms with Crippen LogP contribution in [0.3, 0.4) is 0 Å². The molecule has 1 saturated heterocycles. The normalized spacial score (nSPS) is 17.8. The van der Waals surface area contributed by atoms with E-state index in [1.165, 1.54) is 11.9 Å². The number of alkyl halides is 6. The Morgan fingerprint density at radius 1 is 1.12 bits per heavy atom. The van der Waals surface area contributed by atoms with Crippen molar-refractivity contribution in [1.82, 2.24) is 9.21 Å². The molecule has 0 aliphatic carbocycles. The number of carbonyl (C=O) groups excluding carboxylic acids is 1. The van der Waals surface area contributed by atoms with Crippen LogP contribution in [0.4, 0.5) is 31.1 Å². The molecule has 1 aliphatic heterocycles. The third-order valence-corrected chi connectivity index (χ3v) is 4.34. The lowest BCUT2D eigenvalue weighted by atomic mass is 10.3. The molecule has 0 unspecified atom stereocenters. The molecule has 1 fully saturated rings. The Labute approximate surface area is 151 Å². The van der Waals surface area contributed by atoms with Crippen LogP contribution < -0.4 is 0 Å². The van der Waals surface area contributed by atoms with E-state index in [1.807, 2.05) is 17.3 Å². The summed E-state index contributed by atoms with van der Waals surface area (Å²) in [5.74, 6) is 0. The minimum Gasteiger partial charge on any atom is -0.426 e. The average molecular weight is 404 g/mol. The first-order chi connectivity index (χ1) is 12.0. The van der Waals surface area contributed by atoms with Crippen molar-refractivity contribution in [2.24, 2.45) is 0 Å². The molecule has 0 aromatic heterocycles. The van der Waals surface area contributed by atoms with E-state index < -0.39 is 24.5 Å². The van der Waals surface area contributed by atoms with Gasteiger partial charge in [0.2, 0.25) is 0 Å². The van der Waals surface area contributed by atoms with Crippen LogP contribution in [-0.2, 0) is 4.74 Å². The van der Waals surface area contributed by atoms with E-state index in [0.29, 0.717) is 0 Å². The number of ether oxygens (including phenoxy) is 1. The number of allylic oxidation sites excluding steroid dienone is 4. The van der Waals surface area contributed by atoms with Gasteiger partial charge in [0.25, 0.3) is 6.10 Å². The summed E-state index contributed by atoms with van der Waals surface area (Å²) < 4.78 is 80.2. The molecule has 148 valence electrons. The fourth-order valence-corrected chi connectivity index (χ4v) is 2.79.